The number of benzene rings is 3. The molecule has 0 fully saturated rings. The molecule has 5 aliphatic carbocycles. The lowest BCUT2D eigenvalue weighted by Crippen LogP contribution is -2.33. The first-order chi connectivity index (χ1) is 28.2. The molecule has 7 heteroatoms. The number of allylic oxidation sites excluding steroid dienone is 9. The minimum Gasteiger partial charge on any atom is -0.462 e. The van der Waals surface area contributed by atoms with E-state index in [4.69, 9.17) is 24.1 Å². The van der Waals surface area contributed by atoms with E-state index in [-0.39, 0.29) is 24.1 Å². The Morgan fingerprint density at radius 1 is 0.754 bits per heavy atom. The summed E-state index contributed by atoms with van der Waals surface area (Å²) in [6.07, 6.45) is 29.6. The van der Waals surface area contributed by atoms with Crippen LogP contribution in [0.2, 0.25) is 0 Å². The summed E-state index contributed by atoms with van der Waals surface area (Å²) in [5, 5.41) is 3.68. The highest BCUT2D eigenvalue weighted by atomic mass is 16.5. The van der Waals surface area contributed by atoms with Crippen molar-refractivity contribution in [2.45, 2.75) is 69.1 Å². The summed E-state index contributed by atoms with van der Waals surface area (Å²) in [5.41, 5.74) is 13.1. The first-order valence-corrected chi connectivity index (χ1v) is 20.5. The van der Waals surface area contributed by atoms with Gasteiger partial charge in [0, 0.05) is 46.2 Å². The van der Waals surface area contributed by atoms with E-state index >= 15 is 0 Å². The van der Waals surface area contributed by atoms with Crippen molar-refractivity contribution in [1.29, 1.82) is 0 Å². The predicted molar refractivity (Wildman–Crippen MR) is 226 cm³/mol. The molecule has 0 radical (unpaired) electrons. The van der Waals surface area contributed by atoms with Gasteiger partial charge in [0.05, 0.1) is 17.4 Å². The Hall–Kier alpha value is -6.47. The van der Waals surface area contributed by atoms with Crippen molar-refractivity contribution < 1.29 is 9.15 Å². The topological polar surface area (TPSA) is 76.3 Å². The van der Waals surface area contributed by atoms with Gasteiger partial charge < -0.3 is 19.4 Å². The maximum absolute atomic E-state index is 6.89. The maximum atomic E-state index is 6.89. The predicted octanol–water partition coefficient (Wildman–Crippen LogP) is 11.2. The molecule has 1 N–H and O–H groups in total. The molecule has 4 unspecified atom stereocenters. The van der Waals surface area contributed by atoms with Gasteiger partial charge in [-0.05, 0) is 79.0 Å². The van der Waals surface area contributed by atoms with Crippen molar-refractivity contribution in [2.24, 2.45) is 0 Å². The number of nitrogens with one attached hydrogen (secondary N) is 1. The fourth-order valence-electron chi connectivity index (χ4n) is 9.82. The van der Waals surface area contributed by atoms with Gasteiger partial charge in [0.25, 0.3) is 0 Å². The second kappa shape index (κ2) is 13.1. The molecule has 0 bridgehead atoms. The number of anilines is 2. The van der Waals surface area contributed by atoms with Crippen LogP contribution < -0.4 is 15.0 Å². The quantitative estimate of drug-likeness (QED) is 0.192. The zero-order valence-corrected chi connectivity index (χ0v) is 31.6. The van der Waals surface area contributed by atoms with Crippen LogP contribution in [0.25, 0.3) is 29.1 Å². The molecule has 0 saturated carbocycles. The maximum Gasteiger partial charge on any atom is 0.196 e. The molecule has 2 aliphatic heterocycles. The largest absolute Gasteiger partial charge is 0.462 e. The summed E-state index contributed by atoms with van der Waals surface area (Å²) in [7, 11) is 0. The number of furan rings is 1. The SMILES string of the molecule is C1=CC2=CC3C(C=C2CC1)c1ccc2c(c1N3C1=CCCC(c3nc(-c4ccccc4)nc(C4C=Cc5oc6c(c5C4)C=CCC6)n3)=C1)OC(c1ccccc1)N2. The second-order valence-corrected chi connectivity index (χ2v) is 16.0. The van der Waals surface area contributed by atoms with E-state index in [0.29, 0.717) is 5.82 Å². The van der Waals surface area contributed by atoms with Crippen LogP contribution in [0.1, 0.15) is 95.6 Å². The van der Waals surface area contributed by atoms with E-state index in [1.165, 1.54) is 27.8 Å². The summed E-state index contributed by atoms with van der Waals surface area (Å²) in [6, 6.07) is 25.4. The fourth-order valence-corrected chi connectivity index (χ4v) is 9.82. The molecule has 3 aromatic carbocycles. The molecule has 7 nitrogen and oxygen atoms in total. The van der Waals surface area contributed by atoms with Gasteiger partial charge in [0.1, 0.15) is 17.3 Å². The van der Waals surface area contributed by atoms with Crippen LogP contribution in [0.4, 0.5) is 11.4 Å². The van der Waals surface area contributed by atoms with Crippen molar-refractivity contribution >= 4 is 29.1 Å². The summed E-state index contributed by atoms with van der Waals surface area (Å²) in [6.45, 7) is 0. The van der Waals surface area contributed by atoms with Crippen molar-refractivity contribution in [2.75, 3.05) is 10.2 Å². The third kappa shape index (κ3) is 5.43. The minimum absolute atomic E-state index is 0.00681. The monoisotopic (exact) mass is 743 g/mol. The Morgan fingerprint density at radius 2 is 1.58 bits per heavy atom. The highest BCUT2D eigenvalue weighted by molar-refractivity contribution is 5.86. The normalized spacial score (nSPS) is 23.4. The molecule has 5 aromatic rings. The van der Waals surface area contributed by atoms with E-state index < -0.39 is 0 Å². The number of fused-ring (bicyclic) bond motifs is 9. The number of rotatable bonds is 5. The number of ether oxygens (including phenoxy) is 1. The molecular weight excluding hydrogens is 703 g/mol. The highest BCUT2D eigenvalue weighted by Crippen LogP contribution is 2.57. The lowest BCUT2D eigenvalue weighted by Gasteiger charge is -2.34. The van der Waals surface area contributed by atoms with E-state index in [9.17, 15) is 0 Å². The van der Waals surface area contributed by atoms with Crippen LogP contribution in [-0.2, 0) is 12.8 Å². The van der Waals surface area contributed by atoms with Gasteiger partial charge >= 0.3 is 0 Å². The third-order valence-corrected chi connectivity index (χ3v) is 12.6. The Bertz CT molecular complexity index is 2700. The van der Waals surface area contributed by atoms with Crippen LogP contribution in [0, 0.1) is 0 Å². The molecule has 2 aromatic heterocycles. The van der Waals surface area contributed by atoms with Crippen LogP contribution >= 0.6 is 0 Å². The minimum atomic E-state index is -0.251. The third-order valence-electron chi connectivity index (χ3n) is 12.6. The summed E-state index contributed by atoms with van der Waals surface area (Å²) >= 11 is 0. The van der Waals surface area contributed by atoms with Gasteiger partial charge in [-0.2, -0.15) is 0 Å². The van der Waals surface area contributed by atoms with Crippen LogP contribution in [0.3, 0.4) is 0 Å². The molecule has 0 saturated heterocycles. The Kier molecular flexibility index (Phi) is 7.50. The zero-order valence-electron chi connectivity index (χ0n) is 31.6. The first kappa shape index (κ1) is 32.7. The van der Waals surface area contributed by atoms with Crippen LogP contribution in [0.5, 0.6) is 5.75 Å². The molecule has 0 amide bonds. The highest BCUT2D eigenvalue weighted by Gasteiger charge is 2.44. The smallest absolute Gasteiger partial charge is 0.196 e. The molecule has 57 heavy (non-hydrogen) atoms. The molecule has 0 spiro atoms. The number of aryl methyl sites for hydroxylation is 1. The fraction of sp³-hybridized carbons (Fsp3) is 0.220. The molecule has 4 heterocycles. The number of nitrogens with zero attached hydrogens (tertiary/aromatic N) is 4. The van der Waals surface area contributed by atoms with E-state index in [2.05, 4.69) is 132 Å². The van der Waals surface area contributed by atoms with Gasteiger partial charge in [-0.25, -0.2) is 15.0 Å². The molecule has 278 valence electrons. The Morgan fingerprint density at radius 3 is 2.49 bits per heavy atom. The second-order valence-electron chi connectivity index (χ2n) is 16.0. The molecular formula is C50H41N5O2. The standard InChI is InChI=1S/C50H41N5O2/c1-3-12-30(13-4-1)47-52-48(54-49(53-47)35-22-25-44-40(28-35)37-20-9-10-21-43(37)56-44)34-18-11-19-36(26-34)55-42-29-33-17-8-7-16-32(33)27-39(42)38-23-24-41-46(45(38)55)57-50(51-41)31-14-5-2-6-15-31/h1-6,8-9,12-15,17,19-20,22-27,29,35,39,42,50-51H,7,10-11,16,18,21,28H2. The number of aromatic nitrogens is 3. The molecule has 7 aliphatic rings. The lowest BCUT2D eigenvalue weighted by molar-refractivity contribution is 0.260. The lowest BCUT2D eigenvalue weighted by atomic mass is 9.81. The van der Waals surface area contributed by atoms with E-state index in [1.54, 1.807) is 0 Å². The van der Waals surface area contributed by atoms with Crippen molar-refractivity contribution in [3.63, 3.8) is 0 Å². The number of hydrogen-bond donors (Lipinski definition) is 1. The summed E-state index contributed by atoms with van der Waals surface area (Å²) < 4.78 is 13.2. The van der Waals surface area contributed by atoms with Gasteiger partial charge in [-0.15, -0.1) is 0 Å². The first-order valence-electron chi connectivity index (χ1n) is 20.5. The van der Waals surface area contributed by atoms with Crippen molar-refractivity contribution in [3.8, 4) is 17.1 Å². The van der Waals surface area contributed by atoms with Gasteiger partial charge in [0.15, 0.2) is 23.6 Å². The average molecular weight is 744 g/mol. The van der Waals surface area contributed by atoms with Crippen LogP contribution in [-0.4, -0.2) is 21.0 Å². The molecule has 12 rings (SSSR count). The zero-order chi connectivity index (χ0) is 37.5. The van der Waals surface area contributed by atoms with Gasteiger partial charge in [-0.1, -0.05) is 115 Å². The average Bonchev–Trinajstić information content (AvgIpc) is 3.98. The van der Waals surface area contributed by atoms with Gasteiger partial charge in [-0.3, -0.25) is 0 Å². The Balaban J connectivity index is 0.959. The van der Waals surface area contributed by atoms with E-state index in [1.807, 2.05) is 12.1 Å². The van der Waals surface area contributed by atoms with Crippen molar-refractivity contribution in [3.05, 3.63) is 184 Å². The van der Waals surface area contributed by atoms with Crippen molar-refractivity contribution in [1.82, 2.24) is 15.0 Å². The van der Waals surface area contributed by atoms with Crippen LogP contribution in [0.15, 0.2) is 143 Å². The van der Waals surface area contributed by atoms with Gasteiger partial charge in [0.2, 0.25) is 0 Å². The van der Waals surface area contributed by atoms with E-state index in [0.717, 1.165) is 108 Å². The number of hydrogen-bond acceptors (Lipinski definition) is 7. The summed E-state index contributed by atoms with van der Waals surface area (Å²) in [5.74, 6) is 5.45. The molecule has 4 atom stereocenters. The summed E-state index contributed by atoms with van der Waals surface area (Å²) in [4.78, 5) is 18.2. The Labute approximate surface area is 332 Å².